The third-order valence-electron chi connectivity index (χ3n) is 5.41. The summed E-state index contributed by atoms with van der Waals surface area (Å²) in [7, 11) is 1.46. The number of aromatic hydroxyl groups is 1. The number of carbonyl (C=O) groups is 3. The van der Waals surface area contributed by atoms with E-state index in [1.165, 1.54) is 19.2 Å². The molecule has 0 spiro atoms. The molecule has 7 heteroatoms. The van der Waals surface area contributed by atoms with Gasteiger partial charge in [0.05, 0.1) is 18.4 Å². The average molecular weight is 360 g/mol. The summed E-state index contributed by atoms with van der Waals surface area (Å²) in [6.07, 6.45) is 1.05. The lowest BCUT2D eigenvalue weighted by Crippen LogP contribution is -2.56. The second-order valence-electron chi connectivity index (χ2n) is 6.89. The number of imide groups is 1. The quantitative estimate of drug-likeness (QED) is 0.608. The highest BCUT2D eigenvalue weighted by Gasteiger charge is 2.67. The number of amides is 2. The fourth-order valence-corrected chi connectivity index (χ4v) is 4.29. The number of nitrogens with one attached hydrogen (secondary N) is 1. The van der Waals surface area contributed by atoms with Crippen molar-refractivity contribution in [1.29, 1.82) is 0 Å². The van der Waals surface area contributed by atoms with Crippen molar-refractivity contribution in [1.82, 2.24) is 10.2 Å². The van der Waals surface area contributed by atoms with Gasteiger partial charge in [0.1, 0.15) is 11.3 Å². The van der Waals surface area contributed by atoms with Gasteiger partial charge < -0.3 is 9.84 Å². The number of rotatable bonds is 5. The molecule has 1 aromatic rings. The van der Waals surface area contributed by atoms with E-state index in [9.17, 15) is 19.5 Å². The molecule has 26 heavy (non-hydrogen) atoms. The zero-order chi connectivity index (χ0) is 19.1. The first-order valence-corrected chi connectivity index (χ1v) is 8.92. The molecule has 7 nitrogen and oxygen atoms in total. The zero-order valence-corrected chi connectivity index (χ0v) is 15.2. The number of hydrogen-bond acceptors (Lipinski definition) is 6. The van der Waals surface area contributed by atoms with E-state index in [2.05, 4.69) is 5.32 Å². The number of benzene rings is 1. The largest absolute Gasteiger partial charge is 0.508 e. The van der Waals surface area contributed by atoms with Gasteiger partial charge in [-0.2, -0.15) is 0 Å². The van der Waals surface area contributed by atoms with Crippen molar-refractivity contribution < 1.29 is 24.2 Å². The van der Waals surface area contributed by atoms with Crippen molar-refractivity contribution in [2.75, 3.05) is 13.7 Å². The van der Waals surface area contributed by atoms with Crippen LogP contribution < -0.4 is 5.32 Å². The minimum absolute atomic E-state index is 0.111. The maximum Gasteiger partial charge on any atom is 0.327 e. The highest BCUT2D eigenvalue weighted by atomic mass is 16.5. The molecule has 3 rings (SSSR count). The van der Waals surface area contributed by atoms with Crippen molar-refractivity contribution in [2.24, 2.45) is 11.8 Å². The third-order valence-corrected chi connectivity index (χ3v) is 5.41. The standard InChI is InChI=1S/C19H24N2O5/c1-4-10-19(18(25)26-5-2)14-13(16(23)21(3)17(14)24)15(20-19)11-6-8-12(22)9-7-11/h6-9,13-15,20,22H,4-5,10H2,1-3H3. The number of nitrogens with zero attached hydrogens (tertiary/aromatic N) is 1. The molecule has 140 valence electrons. The summed E-state index contributed by atoms with van der Waals surface area (Å²) in [4.78, 5) is 39.6. The fraction of sp³-hybridized carbons (Fsp3) is 0.526. The van der Waals surface area contributed by atoms with Gasteiger partial charge in [0.2, 0.25) is 11.8 Å². The first-order chi connectivity index (χ1) is 12.4. The van der Waals surface area contributed by atoms with Crippen LogP contribution in [0.3, 0.4) is 0 Å². The lowest BCUT2D eigenvalue weighted by Gasteiger charge is -2.32. The second kappa shape index (κ2) is 6.72. The monoisotopic (exact) mass is 360 g/mol. The van der Waals surface area contributed by atoms with E-state index in [1.54, 1.807) is 19.1 Å². The van der Waals surface area contributed by atoms with Gasteiger partial charge in [0, 0.05) is 13.1 Å². The topological polar surface area (TPSA) is 95.9 Å². The van der Waals surface area contributed by atoms with E-state index in [4.69, 9.17) is 4.74 Å². The molecule has 2 aliphatic rings. The van der Waals surface area contributed by atoms with E-state index in [0.29, 0.717) is 12.8 Å². The molecule has 0 aromatic heterocycles. The van der Waals surface area contributed by atoms with Crippen LogP contribution in [0.1, 0.15) is 38.3 Å². The number of carbonyl (C=O) groups excluding carboxylic acids is 3. The van der Waals surface area contributed by atoms with E-state index < -0.39 is 29.4 Å². The van der Waals surface area contributed by atoms with Gasteiger partial charge in [-0.25, -0.2) is 0 Å². The Morgan fingerprint density at radius 2 is 1.88 bits per heavy atom. The number of likely N-dealkylation sites (tertiary alicyclic amines) is 1. The van der Waals surface area contributed by atoms with Crippen LogP contribution in [0.2, 0.25) is 0 Å². The molecule has 2 amide bonds. The van der Waals surface area contributed by atoms with Crippen LogP contribution >= 0.6 is 0 Å². The van der Waals surface area contributed by atoms with E-state index in [0.717, 1.165) is 10.5 Å². The molecule has 2 N–H and O–H groups in total. The Kier molecular flexibility index (Phi) is 4.75. The first-order valence-electron chi connectivity index (χ1n) is 8.92. The molecule has 0 aliphatic carbocycles. The zero-order valence-electron chi connectivity index (χ0n) is 15.2. The first kappa shape index (κ1) is 18.4. The Morgan fingerprint density at radius 3 is 2.46 bits per heavy atom. The Balaban J connectivity index is 2.11. The lowest BCUT2D eigenvalue weighted by atomic mass is 9.77. The Hall–Kier alpha value is -2.41. The number of esters is 1. The summed E-state index contributed by atoms with van der Waals surface area (Å²) < 4.78 is 5.29. The third kappa shape index (κ3) is 2.58. The van der Waals surface area contributed by atoms with Gasteiger partial charge in [0.15, 0.2) is 0 Å². The summed E-state index contributed by atoms with van der Waals surface area (Å²) in [5.41, 5.74) is -0.480. The molecule has 2 heterocycles. The summed E-state index contributed by atoms with van der Waals surface area (Å²) in [5, 5.41) is 12.8. The highest BCUT2D eigenvalue weighted by Crippen LogP contribution is 2.50. The maximum absolute atomic E-state index is 12.9. The van der Waals surface area contributed by atoms with Crippen molar-refractivity contribution >= 4 is 17.8 Å². The summed E-state index contributed by atoms with van der Waals surface area (Å²) in [5.74, 6) is -2.50. The van der Waals surface area contributed by atoms with Gasteiger partial charge in [-0.05, 0) is 31.0 Å². The second-order valence-corrected chi connectivity index (χ2v) is 6.89. The molecule has 2 fully saturated rings. The van der Waals surface area contributed by atoms with Crippen molar-refractivity contribution in [3.8, 4) is 5.75 Å². The van der Waals surface area contributed by atoms with Crippen molar-refractivity contribution in [3.63, 3.8) is 0 Å². The number of phenolic OH excluding ortho intramolecular Hbond substituents is 1. The van der Waals surface area contributed by atoms with Crippen LogP contribution in [0.15, 0.2) is 24.3 Å². The van der Waals surface area contributed by atoms with E-state index in [-0.39, 0.29) is 24.2 Å². The van der Waals surface area contributed by atoms with Gasteiger partial charge in [-0.15, -0.1) is 0 Å². The number of fused-ring (bicyclic) bond motifs is 1. The molecule has 0 radical (unpaired) electrons. The van der Waals surface area contributed by atoms with Gasteiger partial charge in [-0.1, -0.05) is 25.5 Å². The molecule has 0 bridgehead atoms. The highest BCUT2D eigenvalue weighted by molar-refractivity contribution is 6.09. The van der Waals surface area contributed by atoms with E-state index >= 15 is 0 Å². The van der Waals surface area contributed by atoms with Crippen molar-refractivity contribution in [3.05, 3.63) is 29.8 Å². The van der Waals surface area contributed by atoms with Gasteiger partial charge in [0.25, 0.3) is 0 Å². The predicted octanol–water partition coefficient (Wildman–Crippen LogP) is 1.37. The van der Waals surface area contributed by atoms with Crippen LogP contribution in [0.4, 0.5) is 0 Å². The molecule has 4 unspecified atom stereocenters. The molecular formula is C19H24N2O5. The van der Waals surface area contributed by atoms with Gasteiger partial charge >= 0.3 is 5.97 Å². The SMILES string of the molecule is CCCC1(C(=O)OCC)NC(c2ccc(O)cc2)C2C(=O)N(C)C(=O)C21. The van der Waals surface area contributed by atoms with Crippen LogP contribution in [-0.4, -0.2) is 47.0 Å². The Labute approximate surface area is 152 Å². The number of hydrogen-bond donors (Lipinski definition) is 2. The number of ether oxygens (including phenoxy) is 1. The number of phenols is 1. The maximum atomic E-state index is 12.9. The van der Waals surface area contributed by atoms with Crippen LogP contribution in [0.25, 0.3) is 0 Å². The van der Waals surface area contributed by atoms with Crippen molar-refractivity contribution in [2.45, 2.75) is 38.3 Å². The Bertz CT molecular complexity index is 732. The van der Waals surface area contributed by atoms with Crippen LogP contribution in [0, 0.1) is 11.8 Å². The summed E-state index contributed by atoms with van der Waals surface area (Å²) in [6, 6.07) is 5.96. The molecule has 0 saturated carbocycles. The minimum Gasteiger partial charge on any atom is -0.508 e. The molecule has 2 aliphatic heterocycles. The molecule has 1 aromatic carbocycles. The lowest BCUT2D eigenvalue weighted by molar-refractivity contribution is -0.156. The van der Waals surface area contributed by atoms with Crippen LogP contribution in [0.5, 0.6) is 5.75 Å². The molecule has 2 saturated heterocycles. The normalized spacial score (nSPS) is 30.6. The van der Waals surface area contributed by atoms with Crippen LogP contribution in [-0.2, 0) is 19.1 Å². The predicted molar refractivity (Wildman–Crippen MR) is 93.0 cm³/mol. The Morgan fingerprint density at radius 1 is 1.23 bits per heavy atom. The minimum atomic E-state index is -1.23. The molecular weight excluding hydrogens is 336 g/mol. The average Bonchev–Trinajstić information content (AvgIpc) is 3.07. The smallest absolute Gasteiger partial charge is 0.327 e. The van der Waals surface area contributed by atoms with Gasteiger partial charge in [-0.3, -0.25) is 24.6 Å². The fourth-order valence-electron chi connectivity index (χ4n) is 4.29. The molecule has 4 atom stereocenters. The van der Waals surface area contributed by atoms with E-state index in [1.807, 2.05) is 6.92 Å². The summed E-state index contributed by atoms with van der Waals surface area (Å²) >= 11 is 0. The summed E-state index contributed by atoms with van der Waals surface area (Å²) in [6.45, 7) is 3.84.